The summed E-state index contributed by atoms with van der Waals surface area (Å²) in [6, 6.07) is 7.17. The molecule has 1 saturated carbocycles. The molecule has 1 atom stereocenters. The molecule has 0 aromatic heterocycles. The molecule has 1 heterocycles. The molecule has 1 amide bonds. The molecule has 2 fully saturated rings. The average molecular weight is 370 g/mol. The first-order valence-corrected chi connectivity index (χ1v) is 8.89. The lowest BCUT2D eigenvalue weighted by Gasteiger charge is -2.33. The lowest BCUT2D eigenvalue weighted by Crippen LogP contribution is -2.44. The van der Waals surface area contributed by atoms with E-state index < -0.39 is 9.75 Å². The van der Waals surface area contributed by atoms with Crippen LogP contribution < -0.4 is 4.74 Å². The Morgan fingerprint density at radius 1 is 1.17 bits per heavy atom. The monoisotopic (exact) mass is 369 g/mol. The molecule has 0 bridgehead atoms. The zero-order valence-corrected chi connectivity index (χ0v) is 15.4. The number of carbonyl (C=O) groups excluding carboxylic acids is 2. The van der Waals surface area contributed by atoms with E-state index in [4.69, 9.17) is 27.9 Å². The van der Waals surface area contributed by atoms with E-state index in [1.54, 1.807) is 36.3 Å². The van der Waals surface area contributed by atoms with E-state index in [-0.39, 0.29) is 17.6 Å². The summed E-state index contributed by atoms with van der Waals surface area (Å²) < 4.78 is 4.17. The van der Waals surface area contributed by atoms with E-state index in [0.717, 1.165) is 5.75 Å². The maximum atomic E-state index is 12.6. The molecule has 4 nitrogen and oxygen atoms in total. The van der Waals surface area contributed by atoms with Crippen LogP contribution in [-0.4, -0.2) is 41.1 Å². The van der Waals surface area contributed by atoms with Crippen LogP contribution in [-0.2, 0) is 4.79 Å². The number of alkyl halides is 2. The van der Waals surface area contributed by atoms with E-state index in [1.807, 2.05) is 6.92 Å². The molecule has 2 aliphatic rings. The highest BCUT2D eigenvalue weighted by molar-refractivity contribution is 6.53. The lowest BCUT2D eigenvalue weighted by atomic mass is 9.88. The van der Waals surface area contributed by atoms with E-state index in [1.165, 1.54) is 0 Å². The maximum absolute atomic E-state index is 12.6. The molecule has 1 aromatic rings. The van der Waals surface area contributed by atoms with Crippen molar-refractivity contribution in [3.8, 4) is 5.75 Å². The summed E-state index contributed by atoms with van der Waals surface area (Å²) in [6.45, 7) is 2.96. The molecule has 0 N–H and O–H groups in total. The molecular weight excluding hydrogens is 349 g/mol. The van der Waals surface area contributed by atoms with Gasteiger partial charge in [-0.1, -0.05) is 0 Å². The van der Waals surface area contributed by atoms with Crippen molar-refractivity contribution in [1.82, 2.24) is 4.90 Å². The largest absolute Gasteiger partial charge is 0.497 e. The van der Waals surface area contributed by atoms with E-state index in [2.05, 4.69) is 0 Å². The normalized spacial score (nSPS) is 26.1. The van der Waals surface area contributed by atoms with Crippen LogP contribution in [0, 0.1) is 11.3 Å². The highest BCUT2D eigenvalue weighted by atomic mass is 35.5. The molecule has 1 aliphatic heterocycles. The van der Waals surface area contributed by atoms with Gasteiger partial charge in [0.05, 0.1) is 12.5 Å². The number of amides is 1. The van der Waals surface area contributed by atoms with Crippen LogP contribution in [0.5, 0.6) is 5.75 Å². The summed E-state index contributed by atoms with van der Waals surface area (Å²) in [5.74, 6) is 0.816. The molecule has 1 aliphatic carbocycles. The maximum Gasteiger partial charge on any atom is 0.231 e. The second-order valence-electron chi connectivity index (χ2n) is 6.87. The van der Waals surface area contributed by atoms with E-state index in [0.29, 0.717) is 37.9 Å². The van der Waals surface area contributed by atoms with Gasteiger partial charge < -0.3 is 9.64 Å². The van der Waals surface area contributed by atoms with Gasteiger partial charge in [0.25, 0.3) is 0 Å². The van der Waals surface area contributed by atoms with Crippen LogP contribution in [0.1, 0.15) is 36.5 Å². The Balaban J connectivity index is 1.58. The number of Topliss-reactive ketones (excluding diaryl/α,β-unsaturated/α-hetero) is 1. The summed E-state index contributed by atoms with van der Waals surface area (Å²) >= 11 is 12.2. The van der Waals surface area contributed by atoms with Gasteiger partial charge in [0.1, 0.15) is 10.1 Å². The molecule has 130 valence electrons. The molecule has 0 spiro atoms. The van der Waals surface area contributed by atoms with Crippen LogP contribution >= 0.6 is 23.2 Å². The summed E-state index contributed by atoms with van der Waals surface area (Å²) in [5, 5.41) is 0. The number of benzene rings is 1. The van der Waals surface area contributed by atoms with Crippen molar-refractivity contribution >= 4 is 34.9 Å². The number of hydrogen-bond donors (Lipinski definition) is 0. The number of rotatable bonds is 4. The van der Waals surface area contributed by atoms with Crippen LogP contribution in [0.2, 0.25) is 0 Å². The molecular formula is C18H21Cl2NO3. The molecule has 24 heavy (non-hydrogen) atoms. The van der Waals surface area contributed by atoms with Crippen molar-refractivity contribution in [1.29, 1.82) is 0 Å². The molecule has 0 radical (unpaired) electrons. The molecule has 1 aromatic carbocycles. The average Bonchev–Trinajstić information content (AvgIpc) is 3.13. The third kappa shape index (κ3) is 3.02. The highest BCUT2D eigenvalue weighted by Gasteiger charge is 2.68. The number of carbonyl (C=O) groups is 2. The number of piperidine rings is 1. The second-order valence-corrected chi connectivity index (χ2v) is 8.36. The molecule has 1 unspecified atom stereocenters. The predicted molar refractivity (Wildman–Crippen MR) is 93.8 cm³/mol. The van der Waals surface area contributed by atoms with Gasteiger partial charge in [-0.25, -0.2) is 0 Å². The van der Waals surface area contributed by atoms with Crippen molar-refractivity contribution < 1.29 is 14.3 Å². The second kappa shape index (κ2) is 6.23. The van der Waals surface area contributed by atoms with Crippen LogP contribution in [0.4, 0.5) is 0 Å². The Labute approximate surface area is 152 Å². The lowest BCUT2D eigenvalue weighted by molar-refractivity contribution is -0.137. The standard InChI is InChI=1S/C18H21Cl2NO3/c1-17(11-18(17,19)20)16(23)21-9-7-13(8-10-21)15(22)12-3-5-14(24-2)6-4-12/h3-6,13H,7-11H2,1-2H3. The van der Waals surface area contributed by atoms with Crippen molar-refractivity contribution in [3.63, 3.8) is 0 Å². The minimum Gasteiger partial charge on any atom is -0.497 e. The summed E-state index contributed by atoms with van der Waals surface area (Å²) in [6.07, 6.45) is 1.83. The Morgan fingerprint density at radius 3 is 2.17 bits per heavy atom. The zero-order chi connectivity index (χ0) is 17.5. The molecule has 6 heteroatoms. The summed E-state index contributed by atoms with van der Waals surface area (Å²) in [5.41, 5.74) is 0.0124. The smallest absolute Gasteiger partial charge is 0.231 e. The van der Waals surface area contributed by atoms with Gasteiger partial charge in [-0.2, -0.15) is 0 Å². The first-order valence-electron chi connectivity index (χ1n) is 8.14. The predicted octanol–water partition coefficient (Wildman–Crippen LogP) is 3.70. The van der Waals surface area contributed by atoms with Gasteiger partial charge in [-0.3, -0.25) is 9.59 Å². The van der Waals surface area contributed by atoms with Crippen molar-refractivity contribution in [2.45, 2.75) is 30.5 Å². The van der Waals surface area contributed by atoms with Gasteiger partial charge in [0.2, 0.25) is 5.91 Å². The van der Waals surface area contributed by atoms with Gasteiger partial charge >= 0.3 is 0 Å². The fourth-order valence-electron chi connectivity index (χ4n) is 3.32. The number of halogens is 2. The fraction of sp³-hybridized carbons (Fsp3) is 0.556. The van der Waals surface area contributed by atoms with Crippen LogP contribution in [0.25, 0.3) is 0 Å². The number of hydrogen-bond acceptors (Lipinski definition) is 3. The first-order chi connectivity index (χ1) is 11.3. The third-order valence-electron chi connectivity index (χ3n) is 5.26. The molecule has 1 saturated heterocycles. The van der Waals surface area contributed by atoms with E-state index in [9.17, 15) is 9.59 Å². The Bertz CT molecular complexity index is 651. The fourth-order valence-corrected chi connectivity index (χ4v) is 4.01. The number of nitrogens with zero attached hydrogens (tertiary/aromatic N) is 1. The van der Waals surface area contributed by atoms with Gasteiger partial charge in [0.15, 0.2) is 5.78 Å². The number of methoxy groups -OCH3 is 1. The van der Waals surface area contributed by atoms with Crippen molar-refractivity contribution in [2.24, 2.45) is 11.3 Å². The minimum absolute atomic E-state index is 0.00264. The topological polar surface area (TPSA) is 46.6 Å². The Kier molecular flexibility index (Phi) is 4.56. The highest BCUT2D eigenvalue weighted by Crippen LogP contribution is 2.64. The number of ether oxygens (including phenoxy) is 1. The summed E-state index contributed by atoms with van der Waals surface area (Å²) in [7, 11) is 1.60. The van der Waals surface area contributed by atoms with Crippen molar-refractivity contribution in [2.75, 3.05) is 20.2 Å². The quantitative estimate of drug-likeness (QED) is 0.600. The Morgan fingerprint density at radius 2 is 1.71 bits per heavy atom. The first kappa shape index (κ1) is 17.6. The minimum atomic E-state index is -0.945. The van der Waals surface area contributed by atoms with Crippen molar-refractivity contribution in [3.05, 3.63) is 29.8 Å². The van der Waals surface area contributed by atoms with Gasteiger partial charge in [-0.15, -0.1) is 23.2 Å². The van der Waals surface area contributed by atoms with Gasteiger partial charge in [0, 0.05) is 24.6 Å². The summed E-state index contributed by atoms with van der Waals surface area (Å²) in [4.78, 5) is 27.0. The third-order valence-corrected chi connectivity index (χ3v) is 6.36. The SMILES string of the molecule is COc1ccc(C(=O)C2CCN(C(=O)C3(C)CC3(Cl)Cl)CC2)cc1. The van der Waals surface area contributed by atoms with E-state index >= 15 is 0 Å². The van der Waals surface area contributed by atoms with Gasteiger partial charge in [-0.05, 0) is 50.5 Å². The zero-order valence-electron chi connectivity index (χ0n) is 13.9. The molecule has 3 rings (SSSR count). The van der Waals surface area contributed by atoms with Crippen LogP contribution in [0.15, 0.2) is 24.3 Å². The number of likely N-dealkylation sites (tertiary alicyclic amines) is 1. The number of ketones is 1. The van der Waals surface area contributed by atoms with Crippen LogP contribution in [0.3, 0.4) is 0 Å². The Hall–Kier alpha value is -1.26.